The highest BCUT2D eigenvalue weighted by atomic mass is 32.2. The summed E-state index contributed by atoms with van der Waals surface area (Å²) in [5, 5.41) is 1.52. The van der Waals surface area contributed by atoms with Gasteiger partial charge >= 0.3 is 0 Å². The molecule has 0 spiro atoms. The first kappa shape index (κ1) is 14.3. The lowest BCUT2D eigenvalue weighted by atomic mass is 9.97. The van der Waals surface area contributed by atoms with Crippen molar-refractivity contribution in [2.45, 2.75) is 42.1 Å². The van der Waals surface area contributed by atoms with Gasteiger partial charge in [0.25, 0.3) is 5.56 Å². The van der Waals surface area contributed by atoms with E-state index in [0.717, 1.165) is 33.2 Å². The summed E-state index contributed by atoms with van der Waals surface area (Å²) in [5.74, 6) is 0.755. The molecule has 5 nitrogen and oxygen atoms in total. The van der Waals surface area contributed by atoms with E-state index in [0.29, 0.717) is 5.16 Å². The van der Waals surface area contributed by atoms with Gasteiger partial charge < -0.3 is 0 Å². The van der Waals surface area contributed by atoms with Gasteiger partial charge in [-0.3, -0.25) is 9.36 Å². The molecule has 4 rings (SSSR count). The van der Waals surface area contributed by atoms with Crippen LogP contribution in [-0.4, -0.2) is 18.9 Å². The van der Waals surface area contributed by atoms with Crippen LogP contribution in [0.3, 0.4) is 0 Å². The lowest BCUT2D eigenvalue weighted by molar-refractivity contribution is 0.695. The Labute approximate surface area is 139 Å². The third-order valence-electron chi connectivity index (χ3n) is 3.84. The molecule has 1 aliphatic carbocycles. The van der Waals surface area contributed by atoms with Crippen molar-refractivity contribution in [2.75, 3.05) is 0 Å². The number of rotatable bonds is 2. The fourth-order valence-corrected chi connectivity index (χ4v) is 5.66. The van der Waals surface area contributed by atoms with Crippen molar-refractivity contribution in [3.63, 3.8) is 0 Å². The Morgan fingerprint density at radius 1 is 1.23 bits per heavy atom. The van der Waals surface area contributed by atoms with E-state index in [-0.39, 0.29) is 5.56 Å². The third kappa shape index (κ3) is 2.29. The minimum atomic E-state index is 0.0631. The maximum absolute atomic E-state index is 12.8. The first-order valence-electron chi connectivity index (χ1n) is 7.13. The van der Waals surface area contributed by atoms with Crippen LogP contribution in [0.25, 0.3) is 10.2 Å². The van der Waals surface area contributed by atoms with E-state index in [1.54, 1.807) is 23.0 Å². The van der Waals surface area contributed by atoms with E-state index < -0.39 is 0 Å². The van der Waals surface area contributed by atoms with Crippen molar-refractivity contribution in [3.8, 4) is 0 Å². The Balaban J connectivity index is 1.87. The molecule has 0 aromatic carbocycles. The van der Waals surface area contributed by atoms with Crippen LogP contribution in [0.1, 0.15) is 29.1 Å². The Hall–Kier alpha value is -1.25. The molecule has 0 aliphatic heterocycles. The van der Waals surface area contributed by atoms with E-state index in [1.165, 1.54) is 46.6 Å². The monoisotopic (exact) mass is 350 g/mol. The molecule has 0 atom stereocenters. The van der Waals surface area contributed by atoms with Crippen molar-refractivity contribution in [1.82, 2.24) is 18.9 Å². The Morgan fingerprint density at radius 2 is 2.05 bits per heavy atom. The van der Waals surface area contributed by atoms with Gasteiger partial charge in [-0.15, -0.1) is 11.3 Å². The van der Waals surface area contributed by atoms with Crippen molar-refractivity contribution in [2.24, 2.45) is 7.05 Å². The van der Waals surface area contributed by atoms with Gasteiger partial charge in [0.15, 0.2) is 9.50 Å². The summed E-state index contributed by atoms with van der Waals surface area (Å²) in [5.41, 5.74) is 1.30. The second-order valence-electron chi connectivity index (χ2n) is 5.36. The smallest absolute Gasteiger partial charge is 0.262 e. The molecule has 0 amide bonds. The average Bonchev–Trinajstić information content (AvgIpc) is 3.07. The van der Waals surface area contributed by atoms with Gasteiger partial charge in [-0.05, 0) is 61.5 Å². The quantitative estimate of drug-likeness (QED) is 0.664. The van der Waals surface area contributed by atoms with Gasteiger partial charge in [0.1, 0.15) is 10.7 Å². The molecular formula is C14H14N4OS3. The van der Waals surface area contributed by atoms with Crippen LogP contribution in [0.2, 0.25) is 0 Å². The first-order valence-corrected chi connectivity index (χ1v) is 9.53. The van der Waals surface area contributed by atoms with Crippen molar-refractivity contribution < 1.29 is 0 Å². The second kappa shape index (κ2) is 5.43. The van der Waals surface area contributed by atoms with Crippen LogP contribution in [0, 0.1) is 6.92 Å². The number of fused-ring (bicyclic) bond motifs is 3. The van der Waals surface area contributed by atoms with E-state index in [4.69, 9.17) is 4.98 Å². The third-order valence-corrected chi connectivity index (χ3v) is 6.92. The summed E-state index contributed by atoms with van der Waals surface area (Å²) in [7, 11) is 1.79. The molecule has 1 aliphatic rings. The minimum absolute atomic E-state index is 0.0631. The highest BCUT2D eigenvalue weighted by molar-refractivity contribution is 8.00. The van der Waals surface area contributed by atoms with Crippen LogP contribution in [-0.2, 0) is 19.9 Å². The zero-order valence-corrected chi connectivity index (χ0v) is 14.7. The summed E-state index contributed by atoms with van der Waals surface area (Å²) >= 11 is 4.44. The van der Waals surface area contributed by atoms with Gasteiger partial charge in [0, 0.05) is 11.9 Å². The van der Waals surface area contributed by atoms with Gasteiger partial charge in [-0.2, -0.15) is 4.37 Å². The molecule has 3 aromatic rings. The van der Waals surface area contributed by atoms with Crippen LogP contribution >= 0.6 is 34.6 Å². The highest BCUT2D eigenvalue weighted by Crippen LogP contribution is 2.35. The number of hydrogen-bond donors (Lipinski definition) is 0. The zero-order chi connectivity index (χ0) is 15.3. The molecule has 22 heavy (non-hydrogen) atoms. The Bertz CT molecular complexity index is 924. The molecule has 8 heteroatoms. The number of aromatic nitrogens is 4. The lowest BCUT2D eigenvalue weighted by Gasteiger charge is -2.10. The summed E-state index contributed by atoms with van der Waals surface area (Å²) < 4.78 is 6.64. The maximum Gasteiger partial charge on any atom is 0.262 e. The topological polar surface area (TPSA) is 60.7 Å². The van der Waals surface area contributed by atoms with E-state index >= 15 is 0 Å². The summed E-state index contributed by atoms with van der Waals surface area (Å²) in [6.45, 7) is 1.86. The van der Waals surface area contributed by atoms with Crippen LogP contribution in [0.15, 0.2) is 14.3 Å². The summed E-state index contributed by atoms with van der Waals surface area (Å²) in [4.78, 5) is 24.1. The van der Waals surface area contributed by atoms with Gasteiger partial charge in [-0.25, -0.2) is 9.97 Å². The summed E-state index contributed by atoms with van der Waals surface area (Å²) in [6, 6.07) is 0. The molecule has 114 valence electrons. The molecule has 0 saturated carbocycles. The SMILES string of the molecule is Cc1nsc(Sc2nc3sc4c(c3c(=O)n2C)CCCC4)n1. The molecule has 0 saturated heterocycles. The zero-order valence-electron chi connectivity index (χ0n) is 12.3. The Morgan fingerprint density at radius 3 is 2.82 bits per heavy atom. The summed E-state index contributed by atoms with van der Waals surface area (Å²) in [6.07, 6.45) is 4.47. The van der Waals surface area contributed by atoms with Crippen molar-refractivity contribution in [3.05, 3.63) is 26.6 Å². The molecular weight excluding hydrogens is 336 g/mol. The number of hydrogen-bond acceptors (Lipinski definition) is 7. The van der Waals surface area contributed by atoms with Crippen LogP contribution in [0.4, 0.5) is 0 Å². The highest BCUT2D eigenvalue weighted by Gasteiger charge is 2.21. The fraction of sp³-hybridized carbons (Fsp3) is 0.429. The van der Waals surface area contributed by atoms with E-state index in [1.807, 2.05) is 6.92 Å². The molecule has 3 heterocycles. The molecule has 0 bridgehead atoms. The fourth-order valence-electron chi connectivity index (χ4n) is 2.76. The van der Waals surface area contributed by atoms with Crippen LogP contribution in [0.5, 0.6) is 0 Å². The molecule has 0 unspecified atom stereocenters. The van der Waals surface area contributed by atoms with Gasteiger partial charge in [0.2, 0.25) is 0 Å². The number of nitrogens with zero attached hydrogens (tertiary/aromatic N) is 4. The van der Waals surface area contributed by atoms with Crippen molar-refractivity contribution >= 4 is 44.8 Å². The Kier molecular flexibility index (Phi) is 3.54. The van der Waals surface area contributed by atoms with Crippen molar-refractivity contribution in [1.29, 1.82) is 0 Å². The predicted molar refractivity (Wildman–Crippen MR) is 90.3 cm³/mol. The maximum atomic E-state index is 12.8. The molecule has 0 N–H and O–H groups in total. The van der Waals surface area contributed by atoms with Gasteiger partial charge in [-0.1, -0.05) is 0 Å². The normalized spacial score (nSPS) is 14.5. The van der Waals surface area contributed by atoms with Gasteiger partial charge in [0.05, 0.1) is 5.39 Å². The average molecular weight is 350 g/mol. The molecule has 3 aromatic heterocycles. The lowest BCUT2D eigenvalue weighted by Crippen LogP contribution is -2.20. The molecule has 0 radical (unpaired) electrons. The number of aryl methyl sites for hydroxylation is 3. The predicted octanol–water partition coefficient (Wildman–Crippen LogP) is 3.18. The van der Waals surface area contributed by atoms with Crippen LogP contribution < -0.4 is 5.56 Å². The first-order chi connectivity index (χ1) is 10.6. The second-order valence-corrected chi connectivity index (χ2v) is 8.41. The largest absolute Gasteiger partial charge is 0.290 e. The van der Waals surface area contributed by atoms with E-state index in [2.05, 4.69) is 9.36 Å². The minimum Gasteiger partial charge on any atom is -0.290 e. The molecule has 0 fully saturated rings. The van der Waals surface area contributed by atoms with E-state index in [9.17, 15) is 4.79 Å². The standard InChI is InChI=1S/C14H14N4OS3/c1-7-15-14(22-17-7)21-13-16-11-10(12(19)18(13)2)8-5-3-4-6-9(8)20-11/h3-6H2,1-2H3. The number of thiophene rings is 1.